The average molecular weight is 256 g/mol. The summed E-state index contributed by atoms with van der Waals surface area (Å²) in [5, 5.41) is 4.29. The highest BCUT2D eigenvalue weighted by atomic mass is 16.1. The number of aryl methyl sites for hydroxylation is 2. The van der Waals surface area contributed by atoms with Crippen molar-refractivity contribution in [2.75, 3.05) is 0 Å². The molecule has 0 fully saturated rings. The van der Waals surface area contributed by atoms with Gasteiger partial charge in [-0.25, -0.2) is 0 Å². The van der Waals surface area contributed by atoms with E-state index in [1.54, 1.807) is 4.68 Å². The number of Topliss-reactive ketones (excluding diaryl/α,β-unsaturated/α-hetero) is 1. The number of hydrogen-bond acceptors (Lipinski definition) is 2. The van der Waals surface area contributed by atoms with Crippen LogP contribution in [0.15, 0.2) is 36.4 Å². The molecule has 2 rings (SSSR count). The Hall–Kier alpha value is -1.90. The second-order valence-corrected chi connectivity index (χ2v) is 4.92. The highest BCUT2D eigenvalue weighted by molar-refractivity contribution is 5.87. The molecule has 0 saturated carbocycles. The molecule has 2 aromatic rings. The lowest BCUT2D eigenvalue weighted by Crippen LogP contribution is -2.16. The molecule has 1 heterocycles. The normalized spacial score (nSPS) is 12.4. The smallest absolute Gasteiger partial charge is 0.146 e. The van der Waals surface area contributed by atoms with Gasteiger partial charge in [-0.05, 0) is 25.0 Å². The largest absolute Gasteiger partial charge is 0.299 e. The number of hydrogen-bond donors (Lipinski definition) is 0. The van der Waals surface area contributed by atoms with E-state index in [1.807, 2.05) is 50.4 Å². The van der Waals surface area contributed by atoms with E-state index in [0.29, 0.717) is 6.42 Å². The summed E-state index contributed by atoms with van der Waals surface area (Å²) in [4.78, 5) is 12.5. The molecule has 0 N–H and O–H groups in total. The Labute approximate surface area is 114 Å². The Morgan fingerprint density at radius 1 is 1.32 bits per heavy atom. The average Bonchev–Trinajstić information content (AvgIpc) is 2.70. The number of benzene rings is 1. The molecule has 1 aromatic heterocycles. The van der Waals surface area contributed by atoms with Gasteiger partial charge in [-0.15, -0.1) is 0 Å². The summed E-state index contributed by atoms with van der Waals surface area (Å²) in [6.07, 6.45) is 1.28. The molecule has 3 nitrogen and oxygen atoms in total. The maximum absolute atomic E-state index is 12.5. The van der Waals surface area contributed by atoms with Crippen LogP contribution in [0.25, 0.3) is 0 Å². The maximum atomic E-state index is 12.5. The van der Waals surface area contributed by atoms with Crippen LogP contribution >= 0.6 is 0 Å². The minimum atomic E-state index is -0.0172. The first kappa shape index (κ1) is 13.5. The fourth-order valence-electron chi connectivity index (χ4n) is 2.47. The summed E-state index contributed by atoms with van der Waals surface area (Å²) in [7, 11) is 1.89. The third kappa shape index (κ3) is 3.11. The summed E-state index contributed by atoms with van der Waals surface area (Å²) in [6.45, 7) is 4.01. The highest BCUT2D eigenvalue weighted by Gasteiger charge is 2.19. The molecule has 100 valence electrons. The summed E-state index contributed by atoms with van der Waals surface area (Å²) in [5.74, 6) is 0.244. The standard InChI is InChI=1S/C16H20N2O/c1-4-15(13-8-6-5-7-9-13)16(19)11-14-10-12(2)17-18(14)3/h5-10,15H,4,11H2,1-3H3. The van der Waals surface area contributed by atoms with Crippen molar-refractivity contribution in [2.45, 2.75) is 32.6 Å². The molecule has 0 aliphatic heterocycles. The molecule has 1 atom stereocenters. The van der Waals surface area contributed by atoms with E-state index in [9.17, 15) is 4.79 Å². The van der Waals surface area contributed by atoms with Gasteiger partial charge in [0.05, 0.1) is 5.69 Å². The van der Waals surface area contributed by atoms with Gasteiger partial charge < -0.3 is 0 Å². The minimum Gasteiger partial charge on any atom is -0.299 e. The van der Waals surface area contributed by atoms with E-state index in [2.05, 4.69) is 12.0 Å². The van der Waals surface area contributed by atoms with Crippen LogP contribution < -0.4 is 0 Å². The fourth-order valence-corrected chi connectivity index (χ4v) is 2.47. The zero-order valence-electron chi connectivity index (χ0n) is 11.8. The van der Waals surface area contributed by atoms with Gasteiger partial charge in [0.2, 0.25) is 0 Å². The predicted molar refractivity (Wildman–Crippen MR) is 76.1 cm³/mol. The Bertz CT molecular complexity index is 557. The SMILES string of the molecule is CCC(C(=O)Cc1cc(C)nn1C)c1ccccc1. The van der Waals surface area contributed by atoms with Crippen molar-refractivity contribution >= 4 is 5.78 Å². The van der Waals surface area contributed by atoms with E-state index in [1.165, 1.54) is 0 Å². The molecular weight excluding hydrogens is 236 g/mol. The molecule has 3 heteroatoms. The second kappa shape index (κ2) is 5.83. The molecule has 0 bridgehead atoms. The Morgan fingerprint density at radius 3 is 2.53 bits per heavy atom. The van der Waals surface area contributed by atoms with Gasteiger partial charge in [-0.2, -0.15) is 5.10 Å². The third-order valence-electron chi connectivity index (χ3n) is 3.45. The van der Waals surface area contributed by atoms with Crippen molar-refractivity contribution in [1.82, 2.24) is 9.78 Å². The van der Waals surface area contributed by atoms with Crippen LogP contribution in [0.2, 0.25) is 0 Å². The van der Waals surface area contributed by atoms with E-state index < -0.39 is 0 Å². The first-order chi connectivity index (χ1) is 9.11. The van der Waals surface area contributed by atoms with Crippen LogP contribution in [0.3, 0.4) is 0 Å². The van der Waals surface area contributed by atoms with E-state index in [0.717, 1.165) is 23.4 Å². The van der Waals surface area contributed by atoms with Crippen LogP contribution in [-0.2, 0) is 18.3 Å². The van der Waals surface area contributed by atoms with Crippen LogP contribution in [-0.4, -0.2) is 15.6 Å². The topological polar surface area (TPSA) is 34.9 Å². The molecule has 0 radical (unpaired) electrons. The first-order valence-corrected chi connectivity index (χ1v) is 6.69. The lowest BCUT2D eigenvalue weighted by molar-refractivity contribution is -0.120. The van der Waals surface area contributed by atoms with Crippen LogP contribution in [0.5, 0.6) is 0 Å². The molecule has 0 aliphatic carbocycles. The van der Waals surface area contributed by atoms with Crippen LogP contribution in [0.4, 0.5) is 0 Å². The number of nitrogens with zero attached hydrogens (tertiary/aromatic N) is 2. The monoisotopic (exact) mass is 256 g/mol. The number of carbonyl (C=O) groups is 1. The molecule has 19 heavy (non-hydrogen) atoms. The second-order valence-electron chi connectivity index (χ2n) is 4.92. The first-order valence-electron chi connectivity index (χ1n) is 6.69. The van der Waals surface area contributed by atoms with E-state index >= 15 is 0 Å². The van der Waals surface area contributed by atoms with Crippen molar-refractivity contribution in [3.8, 4) is 0 Å². The van der Waals surface area contributed by atoms with Crippen molar-refractivity contribution in [3.63, 3.8) is 0 Å². The van der Waals surface area contributed by atoms with Crippen molar-refractivity contribution in [1.29, 1.82) is 0 Å². The molecular formula is C16H20N2O. The third-order valence-corrected chi connectivity index (χ3v) is 3.45. The van der Waals surface area contributed by atoms with Crippen LogP contribution in [0, 0.1) is 6.92 Å². The predicted octanol–water partition coefficient (Wildman–Crippen LogP) is 3.03. The van der Waals surface area contributed by atoms with Gasteiger partial charge in [0.25, 0.3) is 0 Å². The molecule has 0 saturated heterocycles. The van der Waals surface area contributed by atoms with E-state index in [-0.39, 0.29) is 11.7 Å². The number of ketones is 1. The zero-order valence-corrected chi connectivity index (χ0v) is 11.8. The summed E-state index contributed by atoms with van der Waals surface area (Å²) < 4.78 is 1.80. The molecule has 0 amide bonds. The Kier molecular flexibility index (Phi) is 4.15. The number of rotatable bonds is 5. The highest BCUT2D eigenvalue weighted by Crippen LogP contribution is 2.22. The van der Waals surface area contributed by atoms with Crippen molar-refractivity contribution in [2.24, 2.45) is 7.05 Å². The quantitative estimate of drug-likeness (QED) is 0.824. The molecule has 0 spiro atoms. The Morgan fingerprint density at radius 2 is 2.00 bits per heavy atom. The van der Waals surface area contributed by atoms with Gasteiger partial charge in [0, 0.05) is 25.1 Å². The van der Waals surface area contributed by atoms with Gasteiger partial charge in [0.15, 0.2) is 0 Å². The van der Waals surface area contributed by atoms with Crippen LogP contribution in [0.1, 0.15) is 36.2 Å². The van der Waals surface area contributed by atoms with Gasteiger partial charge >= 0.3 is 0 Å². The number of carbonyl (C=O) groups excluding carboxylic acids is 1. The van der Waals surface area contributed by atoms with Crippen molar-refractivity contribution in [3.05, 3.63) is 53.3 Å². The van der Waals surface area contributed by atoms with E-state index in [4.69, 9.17) is 0 Å². The Balaban J connectivity index is 2.16. The lowest BCUT2D eigenvalue weighted by atomic mass is 9.90. The van der Waals surface area contributed by atoms with Gasteiger partial charge in [-0.1, -0.05) is 37.3 Å². The van der Waals surface area contributed by atoms with Gasteiger partial charge in [0.1, 0.15) is 5.78 Å². The number of aromatic nitrogens is 2. The summed E-state index contributed by atoms with van der Waals surface area (Å²) >= 11 is 0. The maximum Gasteiger partial charge on any atom is 0.146 e. The molecule has 1 aromatic carbocycles. The molecule has 0 aliphatic rings. The van der Waals surface area contributed by atoms with Gasteiger partial charge in [-0.3, -0.25) is 9.48 Å². The summed E-state index contributed by atoms with van der Waals surface area (Å²) in [6, 6.07) is 12.0. The summed E-state index contributed by atoms with van der Waals surface area (Å²) in [5.41, 5.74) is 3.05. The van der Waals surface area contributed by atoms with Crippen molar-refractivity contribution < 1.29 is 4.79 Å². The minimum absolute atomic E-state index is 0.0172. The fraction of sp³-hybridized carbons (Fsp3) is 0.375. The zero-order chi connectivity index (χ0) is 13.8. The lowest BCUT2D eigenvalue weighted by Gasteiger charge is -2.14. The molecule has 1 unspecified atom stereocenters.